The lowest BCUT2D eigenvalue weighted by Gasteiger charge is -2.22. The number of nitrogens with zero attached hydrogens (tertiary/aromatic N) is 2. The maximum Gasteiger partial charge on any atom is 0.276 e. The smallest absolute Gasteiger partial charge is 0.276 e. The molecule has 1 aliphatic rings. The van der Waals surface area contributed by atoms with E-state index in [1.807, 2.05) is 0 Å². The van der Waals surface area contributed by atoms with Crippen LogP contribution in [0.5, 0.6) is 11.5 Å². The first-order valence-corrected chi connectivity index (χ1v) is 8.83. The lowest BCUT2D eigenvalue weighted by atomic mass is 9.95. The van der Waals surface area contributed by atoms with Crippen molar-refractivity contribution in [2.75, 3.05) is 24.9 Å². The number of methoxy groups -OCH3 is 2. The van der Waals surface area contributed by atoms with Gasteiger partial charge in [-0.3, -0.25) is 4.79 Å². The van der Waals surface area contributed by atoms with Crippen molar-refractivity contribution in [3.8, 4) is 11.5 Å². The standard InChI is InChI=1S/C19H24N4O3/c1-25-14-8-10-17(26-2)16(12-14)21-19(24)15-9-11-18(23-22-15)20-13-6-4-3-5-7-13/h8-13H,3-7H2,1-2H3,(H,20,23)(H,21,24). The Balaban J connectivity index is 1.66. The number of hydrogen-bond acceptors (Lipinski definition) is 6. The molecule has 1 aromatic carbocycles. The second-order valence-corrected chi connectivity index (χ2v) is 6.30. The van der Waals surface area contributed by atoms with Gasteiger partial charge in [-0.25, -0.2) is 0 Å². The van der Waals surface area contributed by atoms with Crippen molar-refractivity contribution in [1.82, 2.24) is 10.2 Å². The van der Waals surface area contributed by atoms with Crippen LogP contribution < -0.4 is 20.1 Å². The number of nitrogens with one attached hydrogen (secondary N) is 2. The molecule has 1 aromatic heterocycles. The van der Waals surface area contributed by atoms with E-state index in [1.165, 1.54) is 19.3 Å². The lowest BCUT2D eigenvalue weighted by Crippen LogP contribution is -2.23. The van der Waals surface area contributed by atoms with Crippen LogP contribution in [0.4, 0.5) is 11.5 Å². The Hall–Kier alpha value is -2.83. The van der Waals surface area contributed by atoms with Gasteiger partial charge >= 0.3 is 0 Å². The Morgan fingerprint density at radius 1 is 1.04 bits per heavy atom. The molecule has 0 bridgehead atoms. The van der Waals surface area contributed by atoms with Gasteiger partial charge in [0.15, 0.2) is 5.69 Å². The molecule has 0 unspecified atom stereocenters. The average molecular weight is 356 g/mol. The Morgan fingerprint density at radius 2 is 1.85 bits per heavy atom. The summed E-state index contributed by atoms with van der Waals surface area (Å²) in [6.45, 7) is 0. The second-order valence-electron chi connectivity index (χ2n) is 6.30. The zero-order valence-electron chi connectivity index (χ0n) is 15.1. The summed E-state index contributed by atoms with van der Waals surface area (Å²) in [6.07, 6.45) is 6.09. The molecule has 0 aliphatic heterocycles. The van der Waals surface area contributed by atoms with Gasteiger partial charge < -0.3 is 20.1 Å². The van der Waals surface area contributed by atoms with Gasteiger partial charge in [0.1, 0.15) is 17.3 Å². The molecule has 1 aliphatic carbocycles. The molecule has 0 atom stereocenters. The number of hydrogen-bond donors (Lipinski definition) is 2. The van der Waals surface area contributed by atoms with Gasteiger partial charge in [-0.05, 0) is 37.1 Å². The topological polar surface area (TPSA) is 85.4 Å². The van der Waals surface area contributed by atoms with E-state index in [-0.39, 0.29) is 11.6 Å². The van der Waals surface area contributed by atoms with Crippen LogP contribution in [-0.4, -0.2) is 36.4 Å². The Morgan fingerprint density at radius 3 is 2.50 bits per heavy atom. The highest BCUT2D eigenvalue weighted by atomic mass is 16.5. The molecule has 138 valence electrons. The maximum absolute atomic E-state index is 12.5. The molecule has 0 radical (unpaired) electrons. The number of ether oxygens (including phenoxy) is 2. The first-order chi connectivity index (χ1) is 12.7. The van der Waals surface area contributed by atoms with Crippen LogP contribution in [0.2, 0.25) is 0 Å². The van der Waals surface area contributed by atoms with Gasteiger partial charge in [-0.15, -0.1) is 10.2 Å². The quantitative estimate of drug-likeness (QED) is 0.824. The molecule has 1 amide bonds. The van der Waals surface area contributed by atoms with Crippen molar-refractivity contribution in [3.05, 3.63) is 36.0 Å². The van der Waals surface area contributed by atoms with E-state index in [2.05, 4.69) is 20.8 Å². The van der Waals surface area contributed by atoms with E-state index in [0.29, 0.717) is 29.0 Å². The predicted octanol–water partition coefficient (Wildman–Crippen LogP) is 3.49. The summed E-state index contributed by atoms with van der Waals surface area (Å²) >= 11 is 0. The Labute approximate surface area is 153 Å². The van der Waals surface area contributed by atoms with Crippen molar-refractivity contribution >= 4 is 17.4 Å². The highest BCUT2D eigenvalue weighted by Crippen LogP contribution is 2.29. The van der Waals surface area contributed by atoms with Crippen LogP contribution >= 0.6 is 0 Å². The molecule has 0 spiro atoms. The van der Waals surface area contributed by atoms with E-state index in [9.17, 15) is 4.79 Å². The molecule has 7 heteroatoms. The number of aromatic nitrogens is 2. The number of benzene rings is 1. The molecule has 1 heterocycles. The normalized spacial score (nSPS) is 14.5. The van der Waals surface area contributed by atoms with E-state index in [1.54, 1.807) is 44.6 Å². The van der Waals surface area contributed by atoms with Gasteiger partial charge in [0.05, 0.1) is 19.9 Å². The molecule has 1 fully saturated rings. The van der Waals surface area contributed by atoms with Crippen molar-refractivity contribution in [3.63, 3.8) is 0 Å². The molecule has 2 aromatic rings. The zero-order chi connectivity index (χ0) is 18.4. The molecule has 2 N–H and O–H groups in total. The van der Waals surface area contributed by atoms with Crippen LogP contribution in [-0.2, 0) is 0 Å². The largest absolute Gasteiger partial charge is 0.497 e. The first-order valence-electron chi connectivity index (χ1n) is 8.83. The summed E-state index contributed by atoms with van der Waals surface area (Å²) in [6, 6.07) is 9.10. The Bertz CT molecular complexity index is 743. The third-order valence-electron chi connectivity index (χ3n) is 4.51. The minimum Gasteiger partial charge on any atom is -0.497 e. The van der Waals surface area contributed by atoms with E-state index < -0.39 is 0 Å². The number of carbonyl (C=O) groups is 1. The van der Waals surface area contributed by atoms with Gasteiger partial charge in [0.25, 0.3) is 5.91 Å². The molecule has 7 nitrogen and oxygen atoms in total. The minimum atomic E-state index is -0.353. The van der Waals surface area contributed by atoms with Gasteiger partial charge in [-0.2, -0.15) is 0 Å². The Kier molecular flexibility index (Phi) is 5.88. The van der Waals surface area contributed by atoms with Crippen molar-refractivity contribution in [1.29, 1.82) is 0 Å². The SMILES string of the molecule is COc1ccc(OC)c(NC(=O)c2ccc(NC3CCCCC3)nn2)c1. The van der Waals surface area contributed by atoms with Crippen molar-refractivity contribution in [2.24, 2.45) is 0 Å². The van der Waals surface area contributed by atoms with E-state index in [0.717, 1.165) is 12.8 Å². The minimum absolute atomic E-state index is 0.240. The van der Waals surface area contributed by atoms with Crippen LogP contribution in [0, 0.1) is 0 Å². The van der Waals surface area contributed by atoms with Crippen LogP contribution in [0.1, 0.15) is 42.6 Å². The fourth-order valence-electron chi connectivity index (χ4n) is 3.08. The lowest BCUT2D eigenvalue weighted by molar-refractivity contribution is 0.102. The zero-order valence-corrected chi connectivity index (χ0v) is 15.1. The molecular formula is C19H24N4O3. The van der Waals surface area contributed by atoms with Crippen LogP contribution in [0.3, 0.4) is 0 Å². The summed E-state index contributed by atoms with van der Waals surface area (Å²) in [5, 5.41) is 14.4. The highest BCUT2D eigenvalue weighted by molar-refractivity contribution is 6.03. The third kappa shape index (κ3) is 4.41. The number of rotatable bonds is 6. The number of carbonyl (C=O) groups excluding carboxylic acids is 1. The summed E-state index contributed by atoms with van der Waals surface area (Å²) in [4.78, 5) is 12.5. The summed E-state index contributed by atoms with van der Waals surface area (Å²) in [5.41, 5.74) is 0.757. The number of anilines is 2. The van der Waals surface area contributed by atoms with Gasteiger partial charge in [0.2, 0.25) is 0 Å². The second kappa shape index (κ2) is 8.51. The van der Waals surface area contributed by atoms with E-state index in [4.69, 9.17) is 9.47 Å². The molecule has 0 saturated heterocycles. The highest BCUT2D eigenvalue weighted by Gasteiger charge is 2.15. The molecular weight excluding hydrogens is 332 g/mol. The molecule has 3 rings (SSSR count). The summed E-state index contributed by atoms with van der Waals surface area (Å²) in [5.74, 6) is 1.52. The van der Waals surface area contributed by atoms with Crippen LogP contribution in [0.25, 0.3) is 0 Å². The van der Waals surface area contributed by atoms with Gasteiger partial charge in [-0.1, -0.05) is 19.3 Å². The fraction of sp³-hybridized carbons (Fsp3) is 0.421. The molecule has 1 saturated carbocycles. The number of amides is 1. The van der Waals surface area contributed by atoms with Gasteiger partial charge in [0, 0.05) is 12.1 Å². The van der Waals surface area contributed by atoms with Crippen molar-refractivity contribution < 1.29 is 14.3 Å². The predicted molar refractivity (Wildman–Crippen MR) is 100 cm³/mol. The first kappa shape index (κ1) is 18.0. The average Bonchev–Trinajstić information content (AvgIpc) is 2.69. The fourth-order valence-corrected chi connectivity index (χ4v) is 3.08. The monoisotopic (exact) mass is 356 g/mol. The summed E-state index contributed by atoms with van der Waals surface area (Å²) in [7, 11) is 3.11. The molecule has 26 heavy (non-hydrogen) atoms. The maximum atomic E-state index is 12.5. The van der Waals surface area contributed by atoms with E-state index >= 15 is 0 Å². The summed E-state index contributed by atoms with van der Waals surface area (Å²) < 4.78 is 10.5. The van der Waals surface area contributed by atoms with Crippen LogP contribution in [0.15, 0.2) is 30.3 Å². The van der Waals surface area contributed by atoms with Crippen molar-refractivity contribution in [2.45, 2.75) is 38.1 Å². The third-order valence-corrected chi connectivity index (χ3v) is 4.51.